The van der Waals surface area contributed by atoms with Gasteiger partial charge in [-0.1, -0.05) is 11.6 Å². The third-order valence-corrected chi connectivity index (χ3v) is 2.17. The summed E-state index contributed by atoms with van der Waals surface area (Å²) in [6.07, 6.45) is 0.794. The molecule has 0 amide bonds. The number of halogens is 1. The van der Waals surface area contributed by atoms with Crippen LogP contribution in [0.4, 0.5) is 5.69 Å². The topological polar surface area (TPSA) is 35.8 Å². The fourth-order valence-corrected chi connectivity index (χ4v) is 1.42. The number of phenolic OH excluding ortho intramolecular Hbond substituents is 1. The van der Waals surface area contributed by atoms with E-state index in [9.17, 15) is 0 Å². The van der Waals surface area contributed by atoms with E-state index in [1.54, 1.807) is 12.1 Å². The highest BCUT2D eigenvalue weighted by Crippen LogP contribution is 2.22. The molecule has 1 heterocycles. The van der Waals surface area contributed by atoms with Gasteiger partial charge in [-0.3, -0.25) is 5.01 Å². The molecule has 1 N–H and O–H groups in total. The molecular weight excluding hydrogens is 188 g/mol. The summed E-state index contributed by atoms with van der Waals surface area (Å²) in [5, 5.41) is 15.6. The molecule has 1 aliphatic heterocycles. The molecule has 3 nitrogen and oxygen atoms in total. The van der Waals surface area contributed by atoms with Crippen LogP contribution in [-0.4, -0.2) is 16.8 Å². The van der Waals surface area contributed by atoms with E-state index in [0.29, 0.717) is 5.17 Å². The van der Waals surface area contributed by atoms with Crippen molar-refractivity contribution in [2.24, 2.45) is 5.10 Å². The van der Waals surface area contributed by atoms with Gasteiger partial charge in [0.25, 0.3) is 0 Å². The number of rotatable bonds is 1. The molecule has 0 radical (unpaired) electrons. The maximum atomic E-state index is 9.07. The summed E-state index contributed by atoms with van der Waals surface area (Å²) in [6.45, 7) is 0.809. The van der Waals surface area contributed by atoms with E-state index in [-0.39, 0.29) is 5.75 Å². The van der Waals surface area contributed by atoms with Crippen LogP contribution in [0.3, 0.4) is 0 Å². The Bertz CT molecular complexity index is 334. The van der Waals surface area contributed by atoms with Gasteiger partial charge in [0.1, 0.15) is 10.9 Å². The number of phenols is 1. The molecule has 0 saturated heterocycles. The Morgan fingerprint density at radius 3 is 2.54 bits per heavy atom. The van der Waals surface area contributed by atoms with Gasteiger partial charge >= 0.3 is 0 Å². The van der Waals surface area contributed by atoms with Crippen molar-refractivity contribution in [3.63, 3.8) is 0 Å². The van der Waals surface area contributed by atoms with Crippen molar-refractivity contribution in [1.29, 1.82) is 0 Å². The van der Waals surface area contributed by atoms with Gasteiger partial charge in [0.05, 0.1) is 5.69 Å². The smallest absolute Gasteiger partial charge is 0.128 e. The summed E-state index contributed by atoms with van der Waals surface area (Å²) in [7, 11) is 0. The van der Waals surface area contributed by atoms with E-state index < -0.39 is 0 Å². The number of hydrogen-bond donors (Lipinski definition) is 1. The zero-order valence-corrected chi connectivity index (χ0v) is 7.70. The Hall–Kier alpha value is -1.22. The van der Waals surface area contributed by atoms with Crippen molar-refractivity contribution >= 4 is 22.5 Å². The highest BCUT2D eigenvalue weighted by atomic mass is 35.5. The first-order chi connectivity index (χ1) is 6.25. The summed E-state index contributed by atoms with van der Waals surface area (Å²) >= 11 is 5.75. The number of hydrogen-bond acceptors (Lipinski definition) is 3. The maximum Gasteiger partial charge on any atom is 0.128 e. The van der Waals surface area contributed by atoms with Gasteiger partial charge in [-0.05, 0) is 24.3 Å². The van der Waals surface area contributed by atoms with E-state index in [1.807, 2.05) is 17.1 Å². The van der Waals surface area contributed by atoms with Crippen LogP contribution in [-0.2, 0) is 0 Å². The van der Waals surface area contributed by atoms with E-state index in [0.717, 1.165) is 18.7 Å². The molecular formula is C9H9ClN2O. The number of aromatic hydroxyl groups is 1. The average molecular weight is 197 g/mol. The van der Waals surface area contributed by atoms with Gasteiger partial charge in [-0.2, -0.15) is 5.10 Å². The summed E-state index contributed by atoms with van der Waals surface area (Å²) in [4.78, 5) is 0. The molecule has 0 saturated carbocycles. The minimum absolute atomic E-state index is 0.262. The molecule has 0 aliphatic carbocycles. The lowest BCUT2D eigenvalue weighted by Crippen LogP contribution is -2.11. The first-order valence-corrected chi connectivity index (χ1v) is 4.43. The predicted octanol–water partition coefficient (Wildman–Crippen LogP) is 2.15. The van der Waals surface area contributed by atoms with E-state index in [2.05, 4.69) is 5.10 Å². The molecule has 2 rings (SSSR count). The van der Waals surface area contributed by atoms with Crippen molar-refractivity contribution in [2.45, 2.75) is 6.42 Å². The summed E-state index contributed by atoms with van der Waals surface area (Å²) in [5.41, 5.74) is 0.952. The van der Waals surface area contributed by atoms with Gasteiger partial charge in [-0.25, -0.2) is 0 Å². The van der Waals surface area contributed by atoms with Crippen LogP contribution < -0.4 is 5.01 Å². The first kappa shape index (κ1) is 8.38. The predicted molar refractivity (Wildman–Crippen MR) is 53.4 cm³/mol. The largest absolute Gasteiger partial charge is 0.508 e. The average Bonchev–Trinajstić information content (AvgIpc) is 2.53. The summed E-state index contributed by atoms with van der Waals surface area (Å²) in [5.74, 6) is 0.262. The number of benzene rings is 1. The summed E-state index contributed by atoms with van der Waals surface area (Å²) in [6, 6.07) is 6.90. The first-order valence-electron chi connectivity index (χ1n) is 4.05. The van der Waals surface area contributed by atoms with Crippen LogP contribution in [0.15, 0.2) is 29.4 Å². The van der Waals surface area contributed by atoms with Gasteiger partial charge < -0.3 is 5.11 Å². The zero-order chi connectivity index (χ0) is 9.26. The van der Waals surface area contributed by atoms with Crippen LogP contribution in [0.5, 0.6) is 5.75 Å². The Kier molecular flexibility index (Phi) is 2.10. The Labute approximate surface area is 81.2 Å². The Morgan fingerprint density at radius 1 is 1.31 bits per heavy atom. The minimum atomic E-state index is 0.262. The number of hydrazone groups is 1. The zero-order valence-electron chi connectivity index (χ0n) is 6.94. The molecule has 0 atom stereocenters. The van der Waals surface area contributed by atoms with Gasteiger partial charge in [0.15, 0.2) is 0 Å². The molecule has 1 aliphatic rings. The minimum Gasteiger partial charge on any atom is -0.508 e. The highest BCUT2D eigenvalue weighted by Gasteiger charge is 2.13. The van der Waals surface area contributed by atoms with Gasteiger partial charge in [0.2, 0.25) is 0 Å². The van der Waals surface area contributed by atoms with E-state index in [4.69, 9.17) is 16.7 Å². The maximum absolute atomic E-state index is 9.07. The number of nitrogens with zero attached hydrogens (tertiary/aromatic N) is 2. The fraction of sp³-hybridized carbons (Fsp3) is 0.222. The molecule has 4 heteroatoms. The van der Waals surface area contributed by atoms with Crippen LogP contribution in [0.1, 0.15) is 6.42 Å². The number of anilines is 1. The third kappa shape index (κ3) is 1.75. The molecule has 0 unspecified atom stereocenters. The van der Waals surface area contributed by atoms with Crippen molar-refractivity contribution in [3.8, 4) is 5.75 Å². The lowest BCUT2D eigenvalue weighted by Gasteiger charge is -2.12. The van der Waals surface area contributed by atoms with E-state index in [1.165, 1.54) is 0 Å². The second-order valence-electron chi connectivity index (χ2n) is 2.87. The Morgan fingerprint density at radius 2 is 2.00 bits per heavy atom. The van der Waals surface area contributed by atoms with Gasteiger partial charge in [0, 0.05) is 13.0 Å². The monoisotopic (exact) mass is 196 g/mol. The van der Waals surface area contributed by atoms with Crippen molar-refractivity contribution in [1.82, 2.24) is 0 Å². The van der Waals surface area contributed by atoms with Crippen LogP contribution >= 0.6 is 11.6 Å². The van der Waals surface area contributed by atoms with Crippen LogP contribution in [0, 0.1) is 0 Å². The standard InChI is InChI=1S/C9H9ClN2O/c10-9-5-6-12(11-9)7-1-3-8(13)4-2-7/h1-4,13H,5-6H2. The van der Waals surface area contributed by atoms with Crippen LogP contribution in [0.25, 0.3) is 0 Å². The summed E-state index contributed by atoms with van der Waals surface area (Å²) < 4.78 is 0. The third-order valence-electron chi connectivity index (χ3n) is 1.91. The van der Waals surface area contributed by atoms with Crippen molar-refractivity contribution < 1.29 is 5.11 Å². The lowest BCUT2D eigenvalue weighted by molar-refractivity contribution is 0.475. The molecule has 1 aromatic carbocycles. The SMILES string of the molecule is Oc1ccc(N2CCC(Cl)=N2)cc1. The molecule has 0 spiro atoms. The van der Waals surface area contributed by atoms with Crippen molar-refractivity contribution in [3.05, 3.63) is 24.3 Å². The lowest BCUT2D eigenvalue weighted by atomic mass is 10.3. The van der Waals surface area contributed by atoms with Crippen molar-refractivity contribution in [2.75, 3.05) is 11.6 Å². The highest BCUT2D eigenvalue weighted by molar-refractivity contribution is 6.65. The quantitative estimate of drug-likeness (QED) is 0.747. The molecule has 0 aromatic heterocycles. The van der Waals surface area contributed by atoms with Crippen LogP contribution in [0.2, 0.25) is 0 Å². The molecule has 68 valence electrons. The van der Waals surface area contributed by atoms with E-state index >= 15 is 0 Å². The second kappa shape index (κ2) is 3.26. The van der Waals surface area contributed by atoms with Gasteiger partial charge in [-0.15, -0.1) is 0 Å². The Balaban J connectivity index is 2.22. The molecule has 1 aromatic rings. The molecule has 0 bridgehead atoms. The second-order valence-corrected chi connectivity index (χ2v) is 3.30. The molecule has 13 heavy (non-hydrogen) atoms. The fourth-order valence-electron chi connectivity index (χ4n) is 1.24. The molecule has 0 fully saturated rings. The normalized spacial score (nSPS) is 16.1.